The van der Waals surface area contributed by atoms with Crippen molar-refractivity contribution in [1.82, 2.24) is 19.7 Å². The quantitative estimate of drug-likeness (QED) is 0.810. The molecular formula is C16H18N6O. The summed E-state index contributed by atoms with van der Waals surface area (Å²) in [5.41, 5.74) is 0.541. The first-order valence-electron chi connectivity index (χ1n) is 7.62. The minimum atomic E-state index is -0.0710. The number of nitrogens with zero attached hydrogens (tertiary/aromatic N) is 6. The average Bonchev–Trinajstić information content (AvgIpc) is 2.61. The van der Waals surface area contributed by atoms with E-state index in [4.69, 9.17) is 0 Å². The highest BCUT2D eigenvalue weighted by Crippen LogP contribution is 2.17. The molecule has 1 aliphatic heterocycles. The van der Waals surface area contributed by atoms with Crippen molar-refractivity contribution in [3.63, 3.8) is 0 Å². The Bertz CT molecular complexity index is 757. The Kier molecular flexibility index (Phi) is 4.64. The molecule has 0 amide bonds. The molecule has 7 heteroatoms. The summed E-state index contributed by atoms with van der Waals surface area (Å²) in [4.78, 5) is 20.4. The monoisotopic (exact) mass is 310 g/mol. The first-order chi connectivity index (χ1) is 11.3. The maximum Gasteiger partial charge on any atom is 0.266 e. The van der Waals surface area contributed by atoms with Crippen molar-refractivity contribution >= 4 is 5.82 Å². The molecule has 0 saturated carbocycles. The lowest BCUT2D eigenvalue weighted by molar-refractivity contribution is 0.242. The lowest BCUT2D eigenvalue weighted by atomic mass is 10.2. The van der Waals surface area contributed by atoms with Crippen LogP contribution in [0.1, 0.15) is 5.56 Å². The normalized spacial score (nSPS) is 15.3. The van der Waals surface area contributed by atoms with Crippen LogP contribution in [-0.2, 0) is 6.54 Å². The molecule has 3 heterocycles. The fraction of sp³-hybridized carbons (Fsp3) is 0.375. The molecule has 1 aliphatic rings. The third-order valence-electron chi connectivity index (χ3n) is 3.99. The highest BCUT2D eigenvalue weighted by molar-refractivity contribution is 5.53. The SMILES string of the molecule is N#Cc1cccnc1N1CCN(CCn2ncccc2=O)CC1. The van der Waals surface area contributed by atoms with Gasteiger partial charge in [-0.2, -0.15) is 10.4 Å². The average molecular weight is 310 g/mol. The van der Waals surface area contributed by atoms with Crippen LogP contribution in [0, 0.1) is 11.3 Å². The summed E-state index contributed by atoms with van der Waals surface area (Å²) >= 11 is 0. The highest BCUT2D eigenvalue weighted by Gasteiger charge is 2.19. The van der Waals surface area contributed by atoms with Crippen LogP contribution in [0.25, 0.3) is 0 Å². The van der Waals surface area contributed by atoms with Crippen LogP contribution < -0.4 is 10.5 Å². The molecule has 0 N–H and O–H groups in total. The van der Waals surface area contributed by atoms with Crippen LogP contribution >= 0.6 is 0 Å². The van der Waals surface area contributed by atoms with Gasteiger partial charge in [0.1, 0.15) is 11.9 Å². The predicted octanol–water partition coefficient (Wildman–Crippen LogP) is 0.332. The largest absolute Gasteiger partial charge is 0.353 e. The van der Waals surface area contributed by atoms with Crippen molar-refractivity contribution in [2.24, 2.45) is 0 Å². The predicted molar refractivity (Wildman–Crippen MR) is 86.1 cm³/mol. The lowest BCUT2D eigenvalue weighted by Gasteiger charge is -2.35. The maximum atomic E-state index is 11.6. The second kappa shape index (κ2) is 7.03. The lowest BCUT2D eigenvalue weighted by Crippen LogP contribution is -2.48. The van der Waals surface area contributed by atoms with Crippen LogP contribution in [0.15, 0.2) is 41.5 Å². The fourth-order valence-electron chi connectivity index (χ4n) is 2.71. The number of anilines is 1. The molecule has 118 valence electrons. The third-order valence-corrected chi connectivity index (χ3v) is 3.99. The molecule has 0 aromatic carbocycles. The van der Waals surface area contributed by atoms with Gasteiger partial charge in [0.25, 0.3) is 5.56 Å². The van der Waals surface area contributed by atoms with Gasteiger partial charge < -0.3 is 4.90 Å². The van der Waals surface area contributed by atoms with Gasteiger partial charge in [-0.1, -0.05) is 0 Å². The van der Waals surface area contributed by atoms with Gasteiger partial charge in [-0.25, -0.2) is 9.67 Å². The van der Waals surface area contributed by atoms with Crippen LogP contribution in [0.3, 0.4) is 0 Å². The van der Waals surface area contributed by atoms with Crippen molar-refractivity contribution in [2.75, 3.05) is 37.6 Å². The van der Waals surface area contributed by atoms with Crippen molar-refractivity contribution in [2.45, 2.75) is 6.54 Å². The fourth-order valence-corrected chi connectivity index (χ4v) is 2.71. The van der Waals surface area contributed by atoms with E-state index in [0.29, 0.717) is 12.1 Å². The summed E-state index contributed by atoms with van der Waals surface area (Å²) in [6, 6.07) is 8.94. The molecule has 3 rings (SSSR count). The van der Waals surface area contributed by atoms with Crippen LogP contribution in [-0.4, -0.2) is 52.4 Å². The van der Waals surface area contributed by atoms with E-state index in [1.165, 1.54) is 10.7 Å². The molecule has 0 bridgehead atoms. The van der Waals surface area contributed by atoms with Gasteiger partial charge >= 0.3 is 0 Å². The minimum absolute atomic E-state index is 0.0710. The molecule has 7 nitrogen and oxygen atoms in total. The standard InChI is InChI=1S/C16H18N6O/c17-13-14-3-1-5-18-16(14)21-10-7-20(8-11-21)9-12-22-15(23)4-2-6-19-22/h1-6H,7-12H2. The Labute approximate surface area is 134 Å². The molecule has 0 atom stereocenters. The summed E-state index contributed by atoms with van der Waals surface area (Å²) in [7, 11) is 0. The number of pyridine rings is 1. The van der Waals surface area contributed by atoms with E-state index in [9.17, 15) is 10.1 Å². The Morgan fingerprint density at radius 1 is 1.09 bits per heavy atom. The summed E-state index contributed by atoms with van der Waals surface area (Å²) in [6.45, 7) is 4.78. The van der Waals surface area contributed by atoms with Crippen molar-refractivity contribution in [3.05, 3.63) is 52.6 Å². The molecule has 0 radical (unpaired) electrons. The van der Waals surface area contributed by atoms with Crippen molar-refractivity contribution in [1.29, 1.82) is 5.26 Å². The second-order valence-electron chi connectivity index (χ2n) is 5.40. The van der Waals surface area contributed by atoms with E-state index >= 15 is 0 Å². The van der Waals surface area contributed by atoms with E-state index in [0.717, 1.165) is 38.5 Å². The number of rotatable bonds is 4. The highest BCUT2D eigenvalue weighted by atomic mass is 16.1. The Morgan fingerprint density at radius 3 is 2.61 bits per heavy atom. The van der Waals surface area contributed by atoms with E-state index in [-0.39, 0.29) is 5.56 Å². The Hall–Kier alpha value is -2.72. The van der Waals surface area contributed by atoms with Gasteiger partial charge in [-0.15, -0.1) is 0 Å². The van der Waals surface area contributed by atoms with Crippen molar-refractivity contribution in [3.8, 4) is 6.07 Å². The molecule has 1 saturated heterocycles. The van der Waals surface area contributed by atoms with Gasteiger partial charge in [0.05, 0.1) is 12.1 Å². The molecular weight excluding hydrogens is 292 g/mol. The zero-order valence-corrected chi connectivity index (χ0v) is 12.8. The molecule has 2 aromatic rings. The van der Waals surface area contributed by atoms with Gasteiger partial charge in [-0.3, -0.25) is 9.69 Å². The second-order valence-corrected chi connectivity index (χ2v) is 5.40. The van der Waals surface area contributed by atoms with E-state index in [2.05, 4.69) is 26.0 Å². The number of hydrogen-bond acceptors (Lipinski definition) is 6. The zero-order chi connectivity index (χ0) is 16.1. The summed E-state index contributed by atoms with van der Waals surface area (Å²) < 4.78 is 1.49. The molecule has 0 unspecified atom stereocenters. The molecule has 2 aromatic heterocycles. The smallest absolute Gasteiger partial charge is 0.266 e. The van der Waals surface area contributed by atoms with Crippen molar-refractivity contribution < 1.29 is 0 Å². The zero-order valence-electron chi connectivity index (χ0n) is 12.8. The Balaban J connectivity index is 1.56. The van der Waals surface area contributed by atoms with E-state index in [1.54, 1.807) is 30.6 Å². The molecule has 0 aliphatic carbocycles. The first-order valence-corrected chi connectivity index (χ1v) is 7.62. The molecule has 0 spiro atoms. The number of hydrogen-bond donors (Lipinski definition) is 0. The van der Waals surface area contributed by atoms with E-state index < -0.39 is 0 Å². The summed E-state index contributed by atoms with van der Waals surface area (Å²) in [5, 5.41) is 13.2. The topological polar surface area (TPSA) is 78.1 Å². The number of aromatic nitrogens is 3. The first kappa shape index (κ1) is 15.2. The van der Waals surface area contributed by atoms with Crippen LogP contribution in [0.4, 0.5) is 5.82 Å². The number of piperazine rings is 1. The van der Waals surface area contributed by atoms with Gasteiger partial charge in [-0.05, 0) is 18.2 Å². The summed E-state index contributed by atoms with van der Waals surface area (Å²) in [5.74, 6) is 0.760. The minimum Gasteiger partial charge on any atom is -0.353 e. The molecule has 23 heavy (non-hydrogen) atoms. The van der Waals surface area contributed by atoms with E-state index in [1.807, 2.05) is 0 Å². The molecule has 1 fully saturated rings. The van der Waals surface area contributed by atoms with Crippen LogP contribution in [0.2, 0.25) is 0 Å². The Morgan fingerprint density at radius 2 is 1.87 bits per heavy atom. The van der Waals surface area contributed by atoms with Gasteiger partial charge in [0.2, 0.25) is 0 Å². The van der Waals surface area contributed by atoms with Gasteiger partial charge in [0.15, 0.2) is 0 Å². The van der Waals surface area contributed by atoms with Gasteiger partial charge in [0, 0.05) is 51.2 Å². The maximum absolute atomic E-state index is 11.6. The number of nitriles is 1. The third kappa shape index (κ3) is 3.55. The van der Waals surface area contributed by atoms with Crippen LogP contribution in [0.5, 0.6) is 0 Å². The summed E-state index contributed by atoms with van der Waals surface area (Å²) in [6.07, 6.45) is 3.35.